The van der Waals surface area contributed by atoms with Gasteiger partial charge in [-0.15, -0.1) is 0 Å². The van der Waals surface area contributed by atoms with Crippen molar-refractivity contribution in [1.29, 1.82) is 0 Å². The molecule has 32 heavy (non-hydrogen) atoms. The number of carbonyl (C=O) groups excluding carboxylic acids is 1. The molecular weight excluding hydrogens is 451 g/mol. The van der Waals surface area contributed by atoms with E-state index in [0.29, 0.717) is 35.2 Å². The van der Waals surface area contributed by atoms with Crippen LogP contribution < -0.4 is 5.32 Å². The van der Waals surface area contributed by atoms with Crippen molar-refractivity contribution in [3.05, 3.63) is 68.7 Å². The summed E-state index contributed by atoms with van der Waals surface area (Å²) in [5, 5.41) is 8.34. The molecule has 4 rings (SSSR count). The number of rotatable bonds is 5. The lowest BCUT2D eigenvalue weighted by Gasteiger charge is -2.22. The van der Waals surface area contributed by atoms with Gasteiger partial charge in [-0.3, -0.25) is 4.79 Å². The maximum absolute atomic E-state index is 12.7. The number of aryl methyl sites for hydroxylation is 1. The highest BCUT2D eigenvalue weighted by atomic mass is 35.5. The minimum atomic E-state index is -0.662. The van der Waals surface area contributed by atoms with Gasteiger partial charge < -0.3 is 19.6 Å². The van der Waals surface area contributed by atoms with Crippen LogP contribution in [0.5, 0.6) is 0 Å². The number of hydrogen-bond donors (Lipinski definition) is 1. The molecule has 8 heteroatoms. The number of hydrogen-bond acceptors (Lipinski definition) is 5. The maximum atomic E-state index is 12.7. The molecule has 2 aliphatic rings. The summed E-state index contributed by atoms with van der Waals surface area (Å²) in [6.45, 7) is 8.43. The highest BCUT2D eigenvalue weighted by Gasteiger charge is 2.37. The summed E-state index contributed by atoms with van der Waals surface area (Å²) >= 11 is 12.3. The molecule has 2 aliphatic heterocycles. The first-order valence-corrected chi connectivity index (χ1v) is 11.2. The fraction of sp³-hybridized carbons (Fsp3) is 0.417. The molecule has 2 unspecified atom stereocenters. The quantitative estimate of drug-likeness (QED) is 0.641. The Labute approximate surface area is 197 Å². The van der Waals surface area contributed by atoms with E-state index in [-0.39, 0.29) is 12.0 Å². The lowest BCUT2D eigenvalue weighted by Crippen LogP contribution is -2.34. The van der Waals surface area contributed by atoms with Gasteiger partial charge in [-0.2, -0.15) is 0 Å². The van der Waals surface area contributed by atoms with Gasteiger partial charge in [0.1, 0.15) is 6.10 Å². The van der Waals surface area contributed by atoms with Gasteiger partial charge >= 0.3 is 0 Å². The second-order valence-electron chi connectivity index (χ2n) is 8.89. The number of ether oxygens (including phenoxy) is 2. The van der Waals surface area contributed by atoms with Crippen LogP contribution in [0.2, 0.25) is 10.0 Å². The van der Waals surface area contributed by atoms with Crippen molar-refractivity contribution in [3.8, 4) is 0 Å². The summed E-state index contributed by atoms with van der Waals surface area (Å²) < 4.78 is 11.3. The van der Waals surface area contributed by atoms with E-state index in [1.54, 1.807) is 6.07 Å². The number of carbonyl (C=O) groups is 1. The molecule has 2 atom stereocenters. The molecule has 1 amide bonds. The predicted octanol–water partition coefficient (Wildman–Crippen LogP) is 5.22. The van der Waals surface area contributed by atoms with Crippen LogP contribution in [0.3, 0.4) is 0 Å². The fourth-order valence-electron chi connectivity index (χ4n) is 3.97. The lowest BCUT2D eigenvalue weighted by atomic mass is 9.88. The van der Waals surface area contributed by atoms with E-state index in [9.17, 15) is 4.79 Å². The van der Waals surface area contributed by atoms with Crippen molar-refractivity contribution in [2.45, 2.75) is 51.6 Å². The van der Waals surface area contributed by atoms with Crippen molar-refractivity contribution in [2.75, 3.05) is 13.2 Å². The van der Waals surface area contributed by atoms with Crippen LogP contribution >= 0.6 is 23.2 Å². The molecule has 0 saturated carbocycles. The van der Waals surface area contributed by atoms with Crippen molar-refractivity contribution in [2.24, 2.45) is 5.16 Å². The van der Waals surface area contributed by atoms with E-state index < -0.39 is 11.4 Å². The molecule has 1 saturated heterocycles. The Balaban J connectivity index is 1.42. The van der Waals surface area contributed by atoms with E-state index in [0.717, 1.165) is 22.4 Å². The number of benzene rings is 2. The van der Waals surface area contributed by atoms with Crippen LogP contribution in [0, 0.1) is 6.92 Å². The first kappa shape index (κ1) is 23.1. The van der Waals surface area contributed by atoms with E-state index in [4.69, 9.17) is 37.5 Å². The first-order valence-electron chi connectivity index (χ1n) is 10.5. The minimum absolute atomic E-state index is 0.148. The van der Waals surface area contributed by atoms with Crippen LogP contribution in [-0.4, -0.2) is 36.7 Å². The zero-order valence-corrected chi connectivity index (χ0v) is 20.0. The standard InChI is InChI=1S/C24H26Cl2N2O4/c1-14-7-15(5-6-20(14)22(29)27-12-19-13-30-23(2,3)31-19)21-11-24(4,32-28-21)16-8-17(25)10-18(26)9-16/h5-10,19H,11-13H2,1-4H3,(H,27,29). The predicted molar refractivity (Wildman–Crippen MR) is 124 cm³/mol. The fourth-order valence-corrected chi connectivity index (χ4v) is 4.50. The number of oxime groups is 1. The molecule has 0 spiro atoms. The van der Waals surface area contributed by atoms with Crippen molar-refractivity contribution in [1.82, 2.24) is 5.32 Å². The zero-order valence-electron chi connectivity index (χ0n) is 18.5. The van der Waals surface area contributed by atoms with Crippen LogP contribution in [0.4, 0.5) is 0 Å². The lowest BCUT2D eigenvalue weighted by molar-refractivity contribution is -0.137. The van der Waals surface area contributed by atoms with E-state index in [1.807, 2.05) is 58.0 Å². The number of amides is 1. The molecule has 2 aromatic carbocycles. The Morgan fingerprint density at radius 2 is 1.88 bits per heavy atom. The molecule has 2 aromatic rings. The average molecular weight is 477 g/mol. The van der Waals surface area contributed by atoms with E-state index >= 15 is 0 Å². The molecule has 0 aliphatic carbocycles. The Kier molecular flexibility index (Phi) is 6.25. The SMILES string of the molecule is Cc1cc(C2=NOC(C)(c3cc(Cl)cc(Cl)c3)C2)ccc1C(=O)NCC1COC(C)(C)O1. The average Bonchev–Trinajstić information content (AvgIpc) is 3.28. The number of nitrogens with zero attached hydrogens (tertiary/aromatic N) is 1. The third kappa shape index (κ3) is 4.94. The molecular formula is C24H26Cl2N2O4. The van der Waals surface area contributed by atoms with Crippen molar-refractivity contribution < 1.29 is 19.1 Å². The van der Waals surface area contributed by atoms with Crippen molar-refractivity contribution in [3.63, 3.8) is 0 Å². The van der Waals surface area contributed by atoms with Crippen LogP contribution in [-0.2, 0) is 19.9 Å². The second-order valence-corrected chi connectivity index (χ2v) is 9.76. The Morgan fingerprint density at radius 3 is 2.50 bits per heavy atom. The highest BCUT2D eigenvalue weighted by Crippen LogP contribution is 2.38. The van der Waals surface area contributed by atoms with Gasteiger partial charge in [0.2, 0.25) is 0 Å². The minimum Gasteiger partial charge on any atom is -0.384 e. The van der Waals surface area contributed by atoms with Crippen LogP contribution in [0.25, 0.3) is 0 Å². The molecule has 0 aromatic heterocycles. The second kappa shape index (κ2) is 8.67. The molecule has 170 valence electrons. The largest absolute Gasteiger partial charge is 0.384 e. The van der Waals surface area contributed by atoms with E-state index in [1.165, 1.54) is 0 Å². The Hall–Kier alpha value is -2.12. The summed E-state index contributed by atoms with van der Waals surface area (Å²) in [6, 6.07) is 11.0. The smallest absolute Gasteiger partial charge is 0.251 e. The van der Waals surface area contributed by atoms with Gasteiger partial charge in [0.05, 0.1) is 12.3 Å². The van der Waals surface area contributed by atoms with Gasteiger partial charge in [0.15, 0.2) is 11.4 Å². The zero-order chi connectivity index (χ0) is 23.1. The molecule has 2 heterocycles. The number of halogens is 2. The van der Waals surface area contributed by atoms with Crippen molar-refractivity contribution >= 4 is 34.8 Å². The molecule has 1 N–H and O–H groups in total. The third-order valence-electron chi connectivity index (χ3n) is 5.70. The molecule has 6 nitrogen and oxygen atoms in total. The van der Waals surface area contributed by atoms with Gasteiger partial charge in [-0.1, -0.05) is 34.4 Å². The van der Waals surface area contributed by atoms with Gasteiger partial charge in [0, 0.05) is 34.1 Å². The number of nitrogens with one attached hydrogen (secondary N) is 1. The monoisotopic (exact) mass is 476 g/mol. The topological polar surface area (TPSA) is 69.2 Å². The molecule has 0 bridgehead atoms. The Morgan fingerprint density at radius 1 is 1.16 bits per heavy atom. The summed E-state index contributed by atoms with van der Waals surface area (Å²) in [5.74, 6) is -0.757. The van der Waals surface area contributed by atoms with Crippen LogP contribution in [0.1, 0.15) is 54.2 Å². The molecule has 0 radical (unpaired) electrons. The summed E-state index contributed by atoms with van der Waals surface area (Å²) in [4.78, 5) is 18.5. The summed E-state index contributed by atoms with van der Waals surface area (Å²) in [7, 11) is 0. The molecule has 1 fully saturated rings. The first-order chi connectivity index (χ1) is 15.0. The summed E-state index contributed by atoms with van der Waals surface area (Å²) in [5.41, 5.74) is 3.37. The Bertz CT molecular complexity index is 1070. The maximum Gasteiger partial charge on any atom is 0.251 e. The highest BCUT2D eigenvalue weighted by molar-refractivity contribution is 6.34. The van der Waals surface area contributed by atoms with Gasteiger partial charge in [-0.25, -0.2) is 0 Å². The third-order valence-corrected chi connectivity index (χ3v) is 6.13. The van der Waals surface area contributed by atoms with Gasteiger partial charge in [0.25, 0.3) is 5.91 Å². The van der Waals surface area contributed by atoms with Gasteiger partial charge in [-0.05, 0) is 69.2 Å². The van der Waals surface area contributed by atoms with Crippen LogP contribution in [0.15, 0.2) is 41.6 Å². The normalized spacial score (nSPS) is 24.2. The summed E-state index contributed by atoms with van der Waals surface area (Å²) in [6.07, 6.45) is 0.403. The van der Waals surface area contributed by atoms with E-state index in [2.05, 4.69) is 10.5 Å².